The molecule has 0 aromatic carbocycles. The van der Waals surface area contributed by atoms with Crippen molar-refractivity contribution in [2.75, 3.05) is 29.9 Å². The molecule has 1 aromatic rings. The Kier molecular flexibility index (Phi) is 4.20. The lowest BCUT2D eigenvalue weighted by atomic mass is 9.99. The molecule has 5 heteroatoms. The number of aromatic nitrogens is 2. The first-order chi connectivity index (χ1) is 9.11. The summed E-state index contributed by atoms with van der Waals surface area (Å²) < 4.78 is 0. The molecule has 2 rings (SSSR count). The number of nitriles is 1. The molecule has 0 spiro atoms. The Morgan fingerprint density at radius 1 is 1.37 bits per heavy atom. The number of hydrogen-bond acceptors (Lipinski definition) is 5. The summed E-state index contributed by atoms with van der Waals surface area (Å²) in [5, 5.41) is 8.93. The largest absolute Gasteiger partial charge is 0.357 e. The summed E-state index contributed by atoms with van der Waals surface area (Å²) in [5.41, 5.74) is 0. The van der Waals surface area contributed by atoms with Crippen molar-refractivity contribution in [1.82, 2.24) is 9.97 Å². The Bertz CT molecular complexity index is 457. The first-order valence-corrected chi connectivity index (χ1v) is 6.81. The van der Waals surface area contributed by atoms with Crippen LogP contribution < -0.4 is 9.80 Å². The van der Waals surface area contributed by atoms with Crippen LogP contribution in [-0.2, 0) is 0 Å². The minimum Gasteiger partial charge on any atom is -0.357 e. The van der Waals surface area contributed by atoms with Gasteiger partial charge in [-0.1, -0.05) is 0 Å². The molecule has 1 saturated heterocycles. The van der Waals surface area contributed by atoms with Crippen molar-refractivity contribution in [2.45, 2.75) is 32.7 Å². The molecule has 5 nitrogen and oxygen atoms in total. The summed E-state index contributed by atoms with van der Waals surface area (Å²) in [5.74, 6) is 2.12. The van der Waals surface area contributed by atoms with Crippen molar-refractivity contribution in [1.29, 1.82) is 5.26 Å². The third-order valence-electron chi connectivity index (χ3n) is 3.78. The molecule has 0 aliphatic carbocycles. The van der Waals surface area contributed by atoms with Gasteiger partial charge in [0.05, 0.1) is 6.07 Å². The summed E-state index contributed by atoms with van der Waals surface area (Å²) in [6.07, 6.45) is 3.48. The van der Waals surface area contributed by atoms with Crippen molar-refractivity contribution in [3.63, 3.8) is 0 Å². The van der Waals surface area contributed by atoms with Crippen LogP contribution in [0.3, 0.4) is 0 Å². The normalized spacial score (nSPS) is 16.5. The molecule has 102 valence electrons. The summed E-state index contributed by atoms with van der Waals surface area (Å²) in [7, 11) is 2.04. The summed E-state index contributed by atoms with van der Waals surface area (Å²) in [4.78, 5) is 13.1. The second-order valence-corrected chi connectivity index (χ2v) is 5.33. The van der Waals surface area contributed by atoms with Gasteiger partial charge >= 0.3 is 0 Å². The second-order valence-electron chi connectivity index (χ2n) is 5.33. The highest BCUT2D eigenvalue weighted by atomic mass is 15.2. The maximum Gasteiger partial charge on any atom is 0.134 e. The van der Waals surface area contributed by atoms with E-state index in [0.29, 0.717) is 6.04 Å². The minimum atomic E-state index is 0.205. The molecular weight excluding hydrogens is 238 g/mol. The van der Waals surface area contributed by atoms with E-state index < -0.39 is 0 Å². The fraction of sp³-hybridized carbons (Fsp3) is 0.643. The van der Waals surface area contributed by atoms with Crippen molar-refractivity contribution in [3.8, 4) is 6.07 Å². The zero-order chi connectivity index (χ0) is 13.8. The van der Waals surface area contributed by atoms with Crippen LogP contribution in [0.4, 0.5) is 11.6 Å². The van der Waals surface area contributed by atoms with Gasteiger partial charge < -0.3 is 9.80 Å². The fourth-order valence-corrected chi connectivity index (χ4v) is 2.21. The van der Waals surface area contributed by atoms with Crippen LogP contribution in [0.1, 0.15) is 26.7 Å². The summed E-state index contributed by atoms with van der Waals surface area (Å²) >= 11 is 0. The molecule has 2 heterocycles. The van der Waals surface area contributed by atoms with Crippen LogP contribution in [0.5, 0.6) is 0 Å². The fourth-order valence-electron chi connectivity index (χ4n) is 2.21. The van der Waals surface area contributed by atoms with Crippen molar-refractivity contribution in [3.05, 3.63) is 12.4 Å². The predicted molar refractivity (Wildman–Crippen MR) is 76.1 cm³/mol. The van der Waals surface area contributed by atoms with Crippen molar-refractivity contribution < 1.29 is 0 Å². The highest BCUT2D eigenvalue weighted by Gasteiger charge is 2.20. The van der Waals surface area contributed by atoms with Gasteiger partial charge in [0.1, 0.15) is 18.0 Å². The van der Waals surface area contributed by atoms with Gasteiger partial charge in [-0.25, -0.2) is 9.97 Å². The highest BCUT2D eigenvalue weighted by Crippen LogP contribution is 2.23. The molecular formula is C14H21N5. The molecule has 0 amide bonds. The number of piperidine rings is 1. The zero-order valence-electron chi connectivity index (χ0n) is 11.9. The number of nitrogens with zero attached hydrogens (tertiary/aromatic N) is 5. The Morgan fingerprint density at radius 2 is 2.05 bits per heavy atom. The standard InChI is InChI=1S/C14H21N5/c1-11(2)18(3)13-8-14(17-10-16-13)19-6-4-12(9-15)5-7-19/h8,10-12H,4-7H2,1-3H3. The van der Waals surface area contributed by atoms with E-state index in [2.05, 4.69) is 39.7 Å². The third-order valence-corrected chi connectivity index (χ3v) is 3.78. The smallest absolute Gasteiger partial charge is 0.134 e. The van der Waals surface area contributed by atoms with Crippen molar-refractivity contribution >= 4 is 11.6 Å². The Hall–Kier alpha value is -1.83. The summed E-state index contributed by atoms with van der Waals surface area (Å²) in [6.45, 7) is 6.08. The van der Waals surface area contributed by atoms with Crippen LogP contribution >= 0.6 is 0 Å². The Balaban J connectivity index is 2.10. The molecule has 0 bridgehead atoms. The molecule has 19 heavy (non-hydrogen) atoms. The van der Waals surface area contributed by atoms with Crippen molar-refractivity contribution in [2.24, 2.45) is 5.92 Å². The van der Waals surface area contributed by atoms with Gasteiger partial charge in [0.25, 0.3) is 0 Å². The maximum absolute atomic E-state index is 8.93. The van der Waals surface area contributed by atoms with E-state index in [4.69, 9.17) is 5.26 Å². The van der Waals surface area contributed by atoms with Gasteiger partial charge in [0, 0.05) is 38.2 Å². The monoisotopic (exact) mass is 259 g/mol. The van der Waals surface area contributed by atoms with E-state index in [9.17, 15) is 0 Å². The quantitative estimate of drug-likeness (QED) is 0.831. The van der Waals surface area contributed by atoms with Gasteiger partial charge in [0.15, 0.2) is 0 Å². The van der Waals surface area contributed by atoms with Gasteiger partial charge in [0.2, 0.25) is 0 Å². The van der Waals surface area contributed by atoms with Gasteiger partial charge in [-0.05, 0) is 26.7 Å². The predicted octanol–water partition coefficient (Wildman–Crippen LogP) is 2.06. The molecule has 0 N–H and O–H groups in total. The Labute approximate surface area is 114 Å². The van der Waals surface area contributed by atoms with E-state index in [1.54, 1.807) is 6.33 Å². The average Bonchev–Trinajstić information content (AvgIpc) is 2.46. The van der Waals surface area contributed by atoms with E-state index in [1.165, 1.54) is 0 Å². The van der Waals surface area contributed by atoms with Crippen LogP contribution in [-0.4, -0.2) is 36.1 Å². The average molecular weight is 259 g/mol. The molecule has 0 radical (unpaired) electrons. The lowest BCUT2D eigenvalue weighted by Crippen LogP contribution is -2.34. The Morgan fingerprint density at radius 3 is 2.63 bits per heavy atom. The van der Waals surface area contributed by atoms with E-state index in [0.717, 1.165) is 37.6 Å². The number of anilines is 2. The molecule has 1 aromatic heterocycles. The zero-order valence-corrected chi connectivity index (χ0v) is 11.9. The molecule has 1 aliphatic heterocycles. The lowest BCUT2D eigenvalue weighted by molar-refractivity contribution is 0.485. The lowest BCUT2D eigenvalue weighted by Gasteiger charge is -2.31. The number of rotatable bonds is 3. The van der Waals surface area contributed by atoms with E-state index in [-0.39, 0.29) is 5.92 Å². The highest BCUT2D eigenvalue weighted by molar-refractivity contribution is 5.50. The van der Waals surface area contributed by atoms with E-state index >= 15 is 0 Å². The summed E-state index contributed by atoms with van der Waals surface area (Å²) in [6, 6.07) is 4.80. The topological polar surface area (TPSA) is 56.0 Å². The SMILES string of the molecule is CC(C)N(C)c1cc(N2CCC(C#N)CC2)ncn1. The third kappa shape index (κ3) is 3.14. The molecule has 1 aliphatic rings. The van der Waals surface area contributed by atoms with Gasteiger partial charge in [-0.2, -0.15) is 5.26 Å². The van der Waals surface area contributed by atoms with Crippen LogP contribution in [0.25, 0.3) is 0 Å². The van der Waals surface area contributed by atoms with Crippen LogP contribution in [0, 0.1) is 17.2 Å². The first-order valence-electron chi connectivity index (χ1n) is 6.81. The van der Waals surface area contributed by atoms with Gasteiger partial charge in [-0.15, -0.1) is 0 Å². The maximum atomic E-state index is 8.93. The minimum absolute atomic E-state index is 0.205. The number of hydrogen-bond donors (Lipinski definition) is 0. The molecule has 0 saturated carbocycles. The van der Waals surface area contributed by atoms with E-state index in [1.807, 2.05) is 13.1 Å². The van der Waals surface area contributed by atoms with Crippen LogP contribution in [0.2, 0.25) is 0 Å². The second kappa shape index (κ2) is 5.87. The van der Waals surface area contributed by atoms with Crippen LogP contribution in [0.15, 0.2) is 12.4 Å². The molecule has 0 unspecified atom stereocenters. The molecule has 0 atom stereocenters. The molecule has 1 fully saturated rings. The van der Waals surface area contributed by atoms with Gasteiger partial charge in [-0.3, -0.25) is 0 Å². The first kappa shape index (κ1) is 13.6.